The first-order valence-corrected chi connectivity index (χ1v) is 10.3. The largest absolute Gasteiger partial charge is 0.352 e. The Hall–Kier alpha value is -2.35. The highest BCUT2D eigenvalue weighted by molar-refractivity contribution is 7.99. The van der Waals surface area contributed by atoms with Crippen molar-refractivity contribution in [3.8, 4) is 0 Å². The summed E-state index contributed by atoms with van der Waals surface area (Å²) in [6.45, 7) is 0.726. The van der Waals surface area contributed by atoms with Gasteiger partial charge in [-0.15, -0.1) is 10.2 Å². The summed E-state index contributed by atoms with van der Waals surface area (Å²) in [6, 6.07) is 7.03. The smallest absolute Gasteiger partial charge is 0.251 e. The summed E-state index contributed by atoms with van der Waals surface area (Å²) in [7, 11) is 1.83. The van der Waals surface area contributed by atoms with E-state index in [0.717, 1.165) is 6.54 Å². The lowest BCUT2D eigenvalue weighted by atomic mass is 9.89. The van der Waals surface area contributed by atoms with Crippen LogP contribution in [0, 0.1) is 5.92 Å². The van der Waals surface area contributed by atoms with Crippen LogP contribution in [0.15, 0.2) is 35.7 Å². The van der Waals surface area contributed by atoms with E-state index in [0.29, 0.717) is 22.3 Å². The fourth-order valence-corrected chi connectivity index (χ4v) is 3.89. The predicted molar refractivity (Wildman–Crippen MR) is 106 cm³/mol. The van der Waals surface area contributed by atoms with Crippen molar-refractivity contribution in [2.45, 2.75) is 37.3 Å². The molecule has 2 N–H and O–H groups in total. The average Bonchev–Trinajstić information content (AvgIpc) is 3.10. The lowest BCUT2D eigenvalue weighted by molar-refractivity contribution is -0.113. The zero-order valence-corrected chi connectivity index (χ0v) is 16.3. The van der Waals surface area contributed by atoms with Gasteiger partial charge in [0.1, 0.15) is 6.33 Å². The monoisotopic (exact) mass is 387 g/mol. The molecule has 1 aromatic carbocycles. The van der Waals surface area contributed by atoms with Crippen molar-refractivity contribution in [1.82, 2.24) is 20.1 Å². The number of carbonyl (C=O) groups excluding carboxylic acids is 2. The number of hydrogen-bond donors (Lipinski definition) is 2. The maximum Gasteiger partial charge on any atom is 0.251 e. The maximum absolute atomic E-state index is 12.4. The number of nitrogens with one attached hydrogen (secondary N) is 2. The minimum atomic E-state index is -0.150. The van der Waals surface area contributed by atoms with Crippen LogP contribution in [0.2, 0.25) is 0 Å². The summed E-state index contributed by atoms with van der Waals surface area (Å²) in [5.41, 5.74) is 1.17. The Morgan fingerprint density at radius 2 is 2.07 bits per heavy atom. The van der Waals surface area contributed by atoms with E-state index in [1.807, 2.05) is 7.05 Å². The van der Waals surface area contributed by atoms with Crippen LogP contribution in [0.3, 0.4) is 0 Å². The number of hydrogen-bond acceptors (Lipinski definition) is 5. The molecule has 1 aromatic heterocycles. The number of rotatable bonds is 7. The van der Waals surface area contributed by atoms with E-state index >= 15 is 0 Å². The molecule has 0 saturated heterocycles. The van der Waals surface area contributed by atoms with Crippen molar-refractivity contribution in [3.05, 3.63) is 36.2 Å². The lowest BCUT2D eigenvalue weighted by Crippen LogP contribution is -2.30. The number of carbonyl (C=O) groups is 2. The lowest BCUT2D eigenvalue weighted by Gasteiger charge is -2.21. The average molecular weight is 388 g/mol. The van der Waals surface area contributed by atoms with Gasteiger partial charge < -0.3 is 15.2 Å². The van der Waals surface area contributed by atoms with Crippen LogP contribution in [0.25, 0.3) is 0 Å². The van der Waals surface area contributed by atoms with Gasteiger partial charge in [0, 0.05) is 24.8 Å². The minimum Gasteiger partial charge on any atom is -0.352 e. The number of anilines is 1. The number of nitrogens with zero attached hydrogens (tertiary/aromatic N) is 3. The summed E-state index contributed by atoms with van der Waals surface area (Å²) in [5, 5.41) is 14.2. The van der Waals surface area contributed by atoms with Crippen LogP contribution in [0.5, 0.6) is 0 Å². The number of benzene rings is 1. The third-order valence-electron chi connectivity index (χ3n) is 4.69. The van der Waals surface area contributed by atoms with Gasteiger partial charge in [0.2, 0.25) is 5.91 Å². The van der Waals surface area contributed by atoms with Gasteiger partial charge in [0.15, 0.2) is 5.16 Å². The molecule has 0 bridgehead atoms. The summed E-state index contributed by atoms with van der Waals surface area (Å²) in [5.74, 6) is 0.570. The second kappa shape index (κ2) is 9.55. The van der Waals surface area contributed by atoms with Gasteiger partial charge in [-0.1, -0.05) is 37.1 Å². The van der Waals surface area contributed by atoms with Crippen molar-refractivity contribution < 1.29 is 9.59 Å². The molecule has 0 aliphatic heterocycles. The van der Waals surface area contributed by atoms with Crippen LogP contribution < -0.4 is 10.6 Å². The Morgan fingerprint density at radius 1 is 1.26 bits per heavy atom. The fourth-order valence-electron chi connectivity index (χ4n) is 3.20. The Balaban J connectivity index is 1.49. The van der Waals surface area contributed by atoms with Crippen LogP contribution >= 0.6 is 11.8 Å². The molecule has 0 unspecified atom stereocenters. The number of aromatic nitrogens is 3. The Labute approximate surface area is 163 Å². The zero-order valence-electron chi connectivity index (χ0n) is 15.5. The normalized spacial score (nSPS) is 14.7. The van der Waals surface area contributed by atoms with Crippen molar-refractivity contribution in [1.29, 1.82) is 0 Å². The molecule has 1 heterocycles. The molecule has 8 heteroatoms. The van der Waals surface area contributed by atoms with Gasteiger partial charge in [0.05, 0.1) is 5.75 Å². The first-order valence-electron chi connectivity index (χ1n) is 9.27. The Morgan fingerprint density at radius 3 is 2.81 bits per heavy atom. The molecule has 1 fully saturated rings. The highest BCUT2D eigenvalue weighted by atomic mass is 32.2. The van der Waals surface area contributed by atoms with Crippen molar-refractivity contribution in [2.24, 2.45) is 13.0 Å². The van der Waals surface area contributed by atoms with E-state index in [4.69, 9.17) is 0 Å². The SMILES string of the molecule is Cn1cnnc1SCC(=O)Nc1cccc(C(=O)NCC2CCCCC2)c1. The van der Waals surface area contributed by atoms with Gasteiger partial charge in [0.25, 0.3) is 5.91 Å². The van der Waals surface area contributed by atoms with Crippen LogP contribution in [0.1, 0.15) is 42.5 Å². The highest BCUT2D eigenvalue weighted by Crippen LogP contribution is 2.23. The number of amides is 2. The second-order valence-electron chi connectivity index (χ2n) is 6.86. The fraction of sp³-hybridized carbons (Fsp3) is 0.474. The molecule has 0 atom stereocenters. The Bertz CT molecular complexity index is 786. The van der Waals surface area contributed by atoms with Crippen LogP contribution in [-0.4, -0.2) is 38.9 Å². The molecule has 27 heavy (non-hydrogen) atoms. The van der Waals surface area contributed by atoms with Crippen molar-refractivity contribution in [2.75, 3.05) is 17.6 Å². The number of aryl methyl sites for hydroxylation is 1. The van der Waals surface area contributed by atoms with Gasteiger partial charge in [-0.2, -0.15) is 0 Å². The third kappa shape index (κ3) is 5.82. The van der Waals surface area contributed by atoms with Gasteiger partial charge in [-0.3, -0.25) is 9.59 Å². The molecule has 0 spiro atoms. The molecule has 2 aromatic rings. The van der Waals surface area contributed by atoms with Gasteiger partial charge in [-0.25, -0.2) is 0 Å². The quantitative estimate of drug-likeness (QED) is 0.713. The first kappa shape index (κ1) is 19.4. The van der Waals surface area contributed by atoms with E-state index in [2.05, 4.69) is 20.8 Å². The highest BCUT2D eigenvalue weighted by Gasteiger charge is 2.15. The molecular weight excluding hydrogens is 362 g/mol. The third-order valence-corrected chi connectivity index (χ3v) is 5.72. The van der Waals surface area contributed by atoms with Gasteiger partial charge >= 0.3 is 0 Å². The van der Waals surface area contributed by atoms with Crippen molar-refractivity contribution in [3.63, 3.8) is 0 Å². The Kier molecular flexibility index (Phi) is 6.86. The zero-order chi connectivity index (χ0) is 19.1. The summed E-state index contributed by atoms with van der Waals surface area (Å²) < 4.78 is 1.76. The molecule has 1 aliphatic carbocycles. The predicted octanol–water partition coefficient (Wildman–Crippen LogP) is 2.86. The first-order chi connectivity index (χ1) is 13.1. The molecule has 144 valence electrons. The summed E-state index contributed by atoms with van der Waals surface area (Å²) >= 11 is 1.31. The standard InChI is InChI=1S/C19H25N5O2S/c1-24-13-21-23-19(24)27-12-17(25)22-16-9-5-8-15(10-16)18(26)20-11-14-6-3-2-4-7-14/h5,8-10,13-14H,2-4,6-7,11-12H2,1H3,(H,20,26)(H,22,25). The number of thioether (sulfide) groups is 1. The van der Waals surface area contributed by atoms with Crippen LogP contribution in [-0.2, 0) is 11.8 Å². The molecule has 0 radical (unpaired) electrons. The van der Waals surface area contributed by atoms with E-state index in [-0.39, 0.29) is 17.6 Å². The minimum absolute atomic E-state index is 0.0925. The molecule has 1 saturated carbocycles. The summed E-state index contributed by atoms with van der Waals surface area (Å²) in [4.78, 5) is 24.5. The topological polar surface area (TPSA) is 88.9 Å². The molecular formula is C19H25N5O2S. The van der Waals surface area contributed by atoms with Crippen LogP contribution in [0.4, 0.5) is 5.69 Å². The maximum atomic E-state index is 12.4. The molecule has 1 aliphatic rings. The molecule has 7 nitrogen and oxygen atoms in total. The second-order valence-corrected chi connectivity index (χ2v) is 7.80. The molecule has 3 rings (SSSR count). The van der Waals surface area contributed by atoms with E-state index in [1.165, 1.54) is 43.9 Å². The molecule has 2 amide bonds. The van der Waals surface area contributed by atoms with E-state index in [1.54, 1.807) is 35.2 Å². The van der Waals surface area contributed by atoms with E-state index in [9.17, 15) is 9.59 Å². The van der Waals surface area contributed by atoms with Gasteiger partial charge in [-0.05, 0) is 37.0 Å². The van der Waals surface area contributed by atoms with Crippen molar-refractivity contribution >= 4 is 29.3 Å². The summed E-state index contributed by atoms with van der Waals surface area (Å²) in [6.07, 6.45) is 7.80. The van der Waals surface area contributed by atoms with E-state index < -0.39 is 0 Å².